The van der Waals surface area contributed by atoms with Crippen molar-refractivity contribution in [1.29, 1.82) is 0 Å². The zero-order chi connectivity index (χ0) is 15.2. The fraction of sp³-hybridized carbons (Fsp3) is 0.588. The van der Waals surface area contributed by atoms with Crippen LogP contribution in [0.1, 0.15) is 39.5 Å². The Kier molecular flexibility index (Phi) is 5.48. The number of rotatable bonds is 6. The summed E-state index contributed by atoms with van der Waals surface area (Å²) in [6.07, 6.45) is 4.65. The van der Waals surface area contributed by atoms with E-state index in [2.05, 4.69) is 13.8 Å². The minimum absolute atomic E-state index is 0.0582. The van der Waals surface area contributed by atoms with E-state index < -0.39 is 0 Å². The quantitative estimate of drug-likeness (QED) is 0.807. The fourth-order valence-corrected chi connectivity index (χ4v) is 3.05. The Balaban J connectivity index is 1.98. The second kappa shape index (κ2) is 7.34. The minimum Gasteiger partial charge on any atom is -0.493 e. The number of carbonyl (C=O) groups excluding carboxylic acids is 1. The molecule has 21 heavy (non-hydrogen) atoms. The van der Waals surface area contributed by atoms with Crippen LogP contribution in [0, 0.1) is 0 Å². The van der Waals surface area contributed by atoms with Crippen LogP contribution in [0.5, 0.6) is 11.5 Å². The molecule has 4 nitrogen and oxygen atoms in total. The lowest BCUT2D eigenvalue weighted by Crippen LogP contribution is -2.45. The first-order valence-corrected chi connectivity index (χ1v) is 7.70. The van der Waals surface area contributed by atoms with Gasteiger partial charge in [0.05, 0.1) is 7.11 Å². The number of nitrogens with zero attached hydrogens (tertiary/aromatic N) is 1. The van der Waals surface area contributed by atoms with E-state index in [0.717, 1.165) is 12.8 Å². The van der Waals surface area contributed by atoms with Crippen LogP contribution < -0.4 is 9.47 Å². The van der Waals surface area contributed by atoms with Crippen molar-refractivity contribution >= 4 is 5.91 Å². The van der Waals surface area contributed by atoms with E-state index in [-0.39, 0.29) is 18.6 Å². The van der Waals surface area contributed by atoms with Crippen LogP contribution in [0.25, 0.3) is 0 Å². The normalized spacial score (nSPS) is 15.2. The predicted octanol–water partition coefficient (Wildman–Crippen LogP) is 3.25. The van der Waals surface area contributed by atoms with Crippen molar-refractivity contribution in [2.24, 2.45) is 0 Å². The van der Waals surface area contributed by atoms with Gasteiger partial charge in [0.15, 0.2) is 18.1 Å². The molecule has 116 valence electrons. The molecular weight excluding hydrogens is 266 g/mol. The van der Waals surface area contributed by atoms with Gasteiger partial charge in [0, 0.05) is 12.1 Å². The predicted molar refractivity (Wildman–Crippen MR) is 82.7 cm³/mol. The monoisotopic (exact) mass is 291 g/mol. The maximum atomic E-state index is 12.5. The van der Waals surface area contributed by atoms with Crippen LogP contribution in [0.3, 0.4) is 0 Å². The first kappa shape index (κ1) is 15.7. The van der Waals surface area contributed by atoms with Crippen molar-refractivity contribution in [3.8, 4) is 11.5 Å². The molecule has 1 aromatic carbocycles. The second-order valence-corrected chi connectivity index (χ2v) is 5.77. The van der Waals surface area contributed by atoms with Crippen LogP contribution >= 0.6 is 0 Å². The topological polar surface area (TPSA) is 38.8 Å². The number of amides is 1. The highest BCUT2D eigenvalue weighted by molar-refractivity contribution is 5.78. The van der Waals surface area contributed by atoms with Crippen molar-refractivity contribution < 1.29 is 14.3 Å². The highest BCUT2D eigenvalue weighted by Gasteiger charge is 2.28. The van der Waals surface area contributed by atoms with Crippen molar-refractivity contribution in [2.45, 2.75) is 51.6 Å². The van der Waals surface area contributed by atoms with E-state index in [1.807, 2.05) is 29.2 Å². The van der Waals surface area contributed by atoms with Gasteiger partial charge in [-0.25, -0.2) is 0 Å². The van der Waals surface area contributed by atoms with E-state index >= 15 is 0 Å². The van der Waals surface area contributed by atoms with Gasteiger partial charge in [0.1, 0.15) is 0 Å². The highest BCUT2D eigenvalue weighted by atomic mass is 16.5. The summed E-state index contributed by atoms with van der Waals surface area (Å²) < 4.78 is 10.9. The number of ether oxygens (including phenoxy) is 2. The number of benzene rings is 1. The van der Waals surface area contributed by atoms with Crippen LogP contribution in [-0.4, -0.2) is 36.6 Å². The van der Waals surface area contributed by atoms with Gasteiger partial charge >= 0.3 is 0 Å². The van der Waals surface area contributed by atoms with Crippen molar-refractivity contribution in [3.63, 3.8) is 0 Å². The number of para-hydroxylation sites is 2. The van der Waals surface area contributed by atoms with E-state index in [9.17, 15) is 4.79 Å². The van der Waals surface area contributed by atoms with Gasteiger partial charge in [0.2, 0.25) is 0 Å². The number of hydrogen-bond donors (Lipinski definition) is 0. The Morgan fingerprint density at radius 3 is 2.43 bits per heavy atom. The van der Waals surface area contributed by atoms with Crippen molar-refractivity contribution in [2.75, 3.05) is 13.7 Å². The first-order valence-electron chi connectivity index (χ1n) is 7.70. The standard InChI is InChI=1S/C17H25NO3/c1-13(2)18(14-8-4-5-9-14)17(19)12-21-16-11-7-6-10-15(16)20-3/h6-7,10-11,13-14H,4-5,8-9,12H2,1-3H3. The largest absolute Gasteiger partial charge is 0.493 e. The van der Waals surface area contributed by atoms with E-state index in [0.29, 0.717) is 17.5 Å². The molecule has 0 aromatic heterocycles. The Bertz CT molecular complexity index is 467. The van der Waals surface area contributed by atoms with Gasteiger partial charge < -0.3 is 14.4 Å². The molecular formula is C17H25NO3. The average molecular weight is 291 g/mol. The van der Waals surface area contributed by atoms with Crippen molar-refractivity contribution in [1.82, 2.24) is 4.90 Å². The van der Waals surface area contributed by atoms with Crippen molar-refractivity contribution in [3.05, 3.63) is 24.3 Å². The lowest BCUT2D eigenvalue weighted by molar-refractivity contribution is -0.137. The number of hydrogen-bond acceptors (Lipinski definition) is 3. The molecule has 1 amide bonds. The second-order valence-electron chi connectivity index (χ2n) is 5.77. The van der Waals surface area contributed by atoms with Gasteiger partial charge in [-0.1, -0.05) is 25.0 Å². The average Bonchev–Trinajstić information content (AvgIpc) is 2.99. The lowest BCUT2D eigenvalue weighted by atomic mass is 10.1. The third-order valence-electron chi connectivity index (χ3n) is 3.98. The maximum Gasteiger partial charge on any atom is 0.260 e. The minimum atomic E-state index is 0.0582. The van der Waals surface area contributed by atoms with Gasteiger partial charge in [-0.15, -0.1) is 0 Å². The molecule has 0 bridgehead atoms. The maximum absolute atomic E-state index is 12.5. The molecule has 1 aliphatic carbocycles. The van der Waals surface area contributed by atoms with Crippen LogP contribution in [0.4, 0.5) is 0 Å². The van der Waals surface area contributed by atoms with Crippen LogP contribution in [0.15, 0.2) is 24.3 Å². The zero-order valence-electron chi connectivity index (χ0n) is 13.2. The Morgan fingerprint density at radius 1 is 1.24 bits per heavy atom. The molecule has 1 saturated carbocycles. The smallest absolute Gasteiger partial charge is 0.260 e. The van der Waals surface area contributed by atoms with Gasteiger partial charge in [-0.2, -0.15) is 0 Å². The molecule has 4 heteroatoms. The molecule has 1 fully saturated rings. The Hall–Kier alpha value is -1.71. The molecule has 2 rings (SSSR count). The SMILES string of the molecule is COc1ccccc1OCC(=O)N(C(C)C)C1CCCC1. The molecule has 0 atom stereocenters. The summed E-state index contributed by atoms with van der Waals surface area (Å²) in [5.41, 5.74) is 0. The molecule has 1 aromatic rings. The summed E-state index contributed by atoms with van der Waals surface area (Å²) in [6, 6.07) is 7.99. The summed E-state index contributed by atoms with van der Waals surface area (Å²) in [6.45, 7) is 4.20. The van der Waals surface area contributed by atoms with E-state index in [4.69, 9.17) is 9.47 Å². The molecule has 0 N–H and O–H groups in total. The lowest BCUT2D eigenvalue weighted by Gasteiger charge is -2.32. The summed E-state index contributed by atoms with van der Waals surface area (Å²) in [7, 11) is 1.60. The Labute approximate surface area is 127 Å². The van der Waals surface area contributed by atoms with E-state index in [1.54, 1.807) is 7.11 Å². The first-order chi connectivity index (χ1) is 10.1. The number of carbonyl (C=O) groups is 1. The number of methoxy groups -OCH3 is 1. The third kappa shape index (κ3) is 3.90. The summed E-state index contributed by atoms with van der Waals surface area (Å²) >= 11 is 0. The van der Waals surface area contributed by atoms with Crippen LogP contribution in [0.2, 0.25) is 0 Å². The van der Waals surface area contributed by atoms with Crippen LogP contribution in [-0.2, 0) is 4.79 Å². The molecule has 0 heterocycles. The summed E-state index contributed by atoms with van der Waals surface area (Å²) in [5, 5.41) is 0. The summed E-state index contributed by atoms with van der Waals surface area (Å²) in [5.74, 6) is 1.33. The third-order valence-corrected chi connectivity index (χ3v) is 3.98. The highest BCUT2D eigenvalue weighted by Crippen LogP contribution is 2.27. The molecule has 1 aliphatic rings. The molecule has 0 unspecified atom stereocenters. The fourth-order valence-electron chi connectivity index (χ4n) is 3.05. The zero-order valence-corrected chi connectivity index (χ0v) is 13.2. The summed E-state index contributed by atoms with van der Waals surface area (Å²) in [4.78, 5) is 14.5. The van der Waals surface area contributed by atoms with E-state index in [1.165, 1.54) is 12.8 Å². The van der Waals surface area contributed by atoms with Gasteiger partial charge in [0.25, 0.3) is 5.91 Å². The van der Waals surface area contributed by atoms with Gasteiger partial charge in [-0.3, -0.25) is 4.79 Å². The molecule has 0 radical (unpaired) electrons. The molecule has 0 spiro atoms. The molecule has 0 saturated heterocycles. The van der Waals surface area contributed by atoms with Gasteiger partial charge in [-0.05, 0) is 38.8 Å². The Morgan fingerprint density at radius 2 is 1.86 bits per heavy atom. The molecule has 0 aliphatic heterocycles.